The summed E-state index contributed by atoms with van der Waals surface area (Å²) in [5.74, 6) is 1.32. The van der Waals surface area contributed by atoms with Gasteiger partial charge in [0.05, 0.1) is 19.8 Å². The summed E-state index contributed by atoms with van der Waals surface area (Å²) in [6, 6.07) is 8.31. The number of benzene rings is 1. The lowest BCUT2D eigenvalue weighted by Crippen LogP contribution is -2.07. The van der Waals surface area contributed by atoms with Crippen molar-refractivity contribution in [3.8, 4) is 0 Å². The normalized spacial score (nSPS) is 16.7. The molecule has 1 N–H and O–H groups in total. The molecule has 1 aliphatic rings. The van der Waals surface area contributed by atoms with E-state index < -0.39 is 0 Å². The molecule has 0 fully saturated rings. The lowest BCUT2D eigenvalue weighted by atomic mass is 10.1. The first kappa shape index (κ1) is 14.0. The van der Waals surface area contributed by atoms with Gasteiger partial charge in [0.1, 0.15) is 6.04 Å². The van der Waals surface area contributed by atoms with E-state index in [0.717, 1.165) is 12.1 Å². The highest BCUT2D eigenvalue weighted by atomic mass is 16.5. The number of nitrogens with zero attached hydrogens (tertiary/aromatic N) is 2. The van der Waals surface area contributed by atoms with Crippen molar-refractivity contribution < 1.29 is 14.0 Å². The Balaban J connectivity index is 1.52. The molecule has 0 amide bonds. The fraction of sp³-hybridized carbons (Fsp3) is 0.467. The van der Waals surface area contributed by atoms with Gasteiger partial charge in [0.2, 0.25) is 5.89 Å². The summed E-state index contributed by atoms with van der Waals surface area (Å²) in [5, 5.41) is 7.41. The van der Waals surface area contributed by atoms with Crippen LogP contribution in [0.3, 0.4) is 0 Å². The lowest BCUT2D eigenvalue weighted by molar-refractivity contribution is 0.0714. The smallest absolute Gasteiger partial charge is 0.249 e. The quantitative estimate of drug-likeness (QED) is 0.786. The van der Waals surface area contributed by atoms with Gasteiger partial charge >= 0.3 is 0 Å². The molecule has 1 aliphatic heterocycles. The van der Waals surface area contributed by atoms with Crippen LogP contribution >= 0.6 is 0 Å². The molecule has 1 atom stereocenters. The second kappa shape index (κ2) is 6.69. The van der Waals surface area contributed by atoms with Gasteiger partial charge in [0.15, 0.2) is 5.82 Å². The van der Waals surface area contributed by atoms with E-state index in [-0.39, 0.29) is 6.04 Å². The van der Waals surface area contributed by atoms with E-state index in [1.54, 1.807) is 7.11 Å². The van der Waals surface area contributed by atoms with E-state index >= 15 is 0 Å². The third-order valence-electron chi connectivity index (χ3n) is 3.45. The van der Waals surface area contributed by atoms with Crippen LogP contribution in [0, 0.1) is 0 Å². The van der Waals surface area contributed by atoms with Gasteiger partial charge in [-0.2, -0.15) is 4.98 Å². The van der Waals surface area contributed by atoms with Gasteiger partial charge in [-0.3, -0.25) is 0 Å². The number of anilines is 1. The summed E-state index contributed by atoms with van der Waals surface area (Å²) in [6.07, 6.45) is 1.52. The number of fused-ring (bicyclic) bond motifs is 1. The van der Waals surface area contributed by atoms with Gasteiger partial charge in [0.25, 0.3) is 0 Å². The molecular formula is C15H19N3O3. The van der Waals surface area contributed by atoms with Crippen LogP contribution < -0.4 is 5.32 Å². The Morgan fingerprint density at radius 1 is 1.29 bits per heavy atom. The lowest BCUT2D eigenvalue weighted by Gasteiger charge is -2.04. The molecule has 2 heterocycles. The van der Waals surface area contributed by atoms with Crippen molar-refractivity contribution in [1.29, 1.82) is 0 Å². The first-order valence-electron chi connectivity index (χ1n) is 7.10. The molecule has 0 aliphatic carbocycles. The number of ether oxygens (including phenoxy) is 2. The Labute approximate surface area is 123 Å². The van der Waals surface area contributed by atoms with Gasteiger partial charge in [-0.15, -0.1) is 0 Å². The third-order valence-corrected chi connectivity index (χ3v) is 3.45. The average molecular weight is 289 g/mol. The minimum atomic E-state index is 0.0676. The molecule has 1 aromatic heterocycles. The zero-order valence-electron chi connectivity index (χ0n) is 12.0. The van der Waals surface area contributed by atoms with Crippen molar-refractivity contribution in [2.45, 2.75) is 18.9 Å². The van der Waals surface area contributed by atoms with Gasteiger partial charge in [0, 0.05) is 25.6 Å². The number of aromatic nitrogens is 2. The molecule has 3 rings (SSSR count). The van der Waals surface area contributed by atoms with Crippen LogP contribution in [0.4, 0.5) is 5.69 Å². The number of hydrogen-bond acceptors (Lipinski definition) is 6. The summed E-state index contributed by atoms with van der Waals surface area (Å²) < 4.78 is 15.7. The van der Waals surface area contributed by atoms with E-state index in [2.05, 4.69) is 27.6 Å². The van der Waals surface area contributed by atoms with Crippen molar-refractivity contribution in [2.75, 3.05) is 32.2 Å². The Kier molecular flexibility index (Phi) is 4.47. The molecule has 2 aromatic rings. The Morgan fingerprint density at radius 2 is 2.19 bits per heavy atom. The van der Waals surface area contributed by atoms with Gasteiger partial charge in [-0.05, 0) is 11.6 Å². The first-order valence-corrected chi connectivity index (χ1v) is 7.10. The van der Waals surface area contributed by atoms with Crippen LogP contribution in [0.15, 0.2) is 28.8 Å². The van der Waals surface area contributed by atoms with Crippen molar-refractivity contribution in [3.63, 3.8) is 0 Å². The van der Waals surface area contributed by atoms with Crippen LogP contribution in [0.25, 0.3) is 0 Å². The second-order valence-corrected chi connectivity index (χ2v) is 4.96. The molecule has 1 unspecified atom stereocenters. The highest BCUT2D eigenvalue weighted by Gasteiger charge is 2.26. The molecule has 112 valence electrons. The number of nitrogens with one attached hydrogen (secondary N) is 1. The topological polar surface area (TPSA) is 69.4 Å². The molecule has 0 saturated carbocycles. The van der Waals surface area contributed by atoms with Crippen molar-refractivity contribution in [3.05, 3.63) is 41.5 Å². The van der Waals surface area contributed by atoms with Crippen LogP contribution in [0.5, 0.6) is 0 Å². The van der Waals surface area contributed by atoms with Crippen LogP contribution in [0.2, 0.25) is 0 Å². The Bertz CT molecular complexity index is 560. The first-order chi connectivity index (χ1) is 10.4. The molecule has 6 heteroatoms. The summed E-state index contributed by atoms with van der Waals surface area (Å²) in [4.78, 5) is 4.44. The Hall–Kier alpha value is -1.92. The molecule has 1 aromatic carbocycles. The monoisotopic (exact) mass is 289 g/mol. The van der Waals surface area contributed by atoms with E-state index in [1.165, 1.54) is 5.56 Å². The van der Waals surface area contributed by atoms with E-state index in [9.17, 15) is 0 Å². The molecule has 6 nitrogen and oxygen atoms in total. The fourth-order valence-corrected chi connectivity index (χ4v) is 2.37. The maximum atomic E-state index is 5.40. The zero-order chi connectivity index (χ0) is 14.5. The summed E-state index contributed by atoms with van der Waals surface area (Å²) in [5.41, 5.74) is 2.43. The number of methoxy groups -OCH3 is 1. The molecule has 21 heavy (non-hydrogen) atoms. The SMILES string of the molecule is COCCOCCc1noc(C2Cc3ccccc3N2)n1. The fourth-order valence-electron chi connectivity index (χ4n) is 2.37. The maximum Gasteiger partial charge on any atom is 0.249 e. The predicted octanol–water partition coefficient (Wildman–Crippen LogP) is 1.98. The van der Waals surface area contributed by atoms with E-state index in [0.29, 0.717) is 38.0 Å². The average Bonchev–Trinajstić information content (AvgIpc) is 3.13. The van der Waals surface area contributed by atoms with Crippen LogP contribution in [0.1, 0.15) is 23.3 Å². The van der Waals surface area contributed by atoms with Crippen LogP contribution in [-0.2, 0) is 22.3 Å². The molecule has 0 radical (unpaired) electrons. The second-order valence-electron chi connectivity index (χ2n) is 4.96. The largest absolute Gasteiger partial charge is 0.382 e. The van der Waals surface area contributed by atoms with Crippen molar-refractivity contribution >= 4 is 5.69 Å². The number of rotatable bonds is 7. The van der Waals surface area contributed by atoms with Gasteiger partial charge < -0.3 is 19.3 Å². The number of hydrogen-bond donors (Lipinski definition) is 1. The van der Waals surface area contributed by atoms with Gasteiger partial charge in [-0.25, -0.2) is 0 Å². The highest BCUT2D eigenvalue weighted by molar-refractivity contribution is 5.56. The summed E-state index contributed by atoms with van der Waals surface area (Å²) >= 11 is 0. The molecular weight excluding hydrogens is 270 g/mol. The highest BCUT2D eigenvalue weighted by Crippen LogP contribution is 2.32. The van der Waals surface area contributed by atoms with Crippen LogP contribution in [-0.4, -0.2) is 37.1 Å². The molecule has 0 bridgehead atoms. The van der Waals surface area contributed by atoms with Crippen molar-refractivity contribution in [1.82, 2.24) is 10.1 Å². The Morgan fingerprint density at radius 3 is 3.05 bits per heavy atom. The van der Waals surface area contributed by atoms with E-state index in [1.807, 2.05) is 12.1 Å². The minimum Gasteiger partial charge on any atom is -0.382 e. The molecule has 0 saturated heterocycles. The maximum absolute atomic E-state index is 5.40. The van der Waals surface area contributed by atoms with Crippen molar-refractivity contribution in [2.24, 2.45) is 0 Å². The summed E-state index contributed by atoms with van der Waals surface area (Å²) in [7, 11) is 1.65. The standard InChI is InChI=1S/C15H19N3O3/c1-19-8-9-20-7-6-14-17-15(21-18-14)13-10-11-4-2-3-5-12(11)16-13/h2-5,13,16H,6-10H2,1H3. The zero-order valence-corrected chi connectivity index (χ0v) is 12.0. The minimum absolute atomic E-state index is 0.0676. The molecule has 0 spiro atoms. The number of para-hydroxylation sites is 1. The summed E-state index contributed by atoms with van der Waals surface area (Å²) in [6.45, 7) is 1.75. The van der Waals surface area contributed by atoms with E-state index in [4.69, 9.17) is 14.0 Å². The third kappa shape index (κ3) is 3.40. The van der Waals surface area contributed by atoms with Gasteiger partial charge in [-0.1, -0.05) is 23.4 Å². The predicted molar refractivity (Wildman–Crippen MR) is 77.2 cm³/mol.